The summed E-state index contributed by atoms with van der Waals surface area (Å²) in [4.78, 5) is 26.4. The summed E-state index contributed by atoms with van der Waals surface area (Å²) in [5.74, 6) is -1.34. The molecule has 2 rings (SSSR count). The number of pyridine rings is 1. The number of aryl methyl sites for hydroxylation is 1. The molecule has 0 aliphatic carbocycles. The Morgan fingerprint density at radius 1 is 1.33 bits per heavy atom. The molecule has 18 heavy (non-hydrogen) atoms. The zero-order valence-electron chi connectivity index (χ0n) is 9.51. The van der Waals surface area contributed by atoms with Crippen LogP contribution in [0.4, 0.5) is 5.69 Å². The molecule has 1 amide bonds. The molecule has 0 aliphatic rings. The molecular weight excluding hydrogens is 252 g/mol. The first-order valence-corrected chi connectivity index (χ1v) is 6.04. The second kappa shape index (κ2) is 4.97. The summed E-state index contributed by atoms with van der Waals surface area (Å²) >= 11 is 1.44. The molecule has 2 heterocycles. The van der Waals surface area contributed by atoms with E-state index in [0.717, 1.165) is 5.56 Å². The van der Waals surface area contributed by atoms with Gasteiger partial charge in [0.2, 0.25) is 0 Å². The smallest absolute Gasteiger partial charge is 0.337 e. The minimum atomic E-state index is -1.08. The lowest BCUT2D eigenvalue weighted by Crippen LogP contribution is -2.12. The number of aromatic carboxylic acids is 1. The molecule has 6 heteroatoms. The zero-order valence-corrected chi connectivity index (χ0v) is 10.3. The zero-order chi connectivity index (χ0) is 13.1. The van der Waals surface area contributed by atoms with Gasteiger partial charge in [-0.1, -0.05) is 0 Å². The Labute approximate surface area is 107 Å². The van der Waals surface area contributed by atoms with E-state index in [1.165, 1.54) is 29.8 Å². The first kappa shape index (κ1) is 12.3. The van der Waals surface area contributed by atoms with Crippen molar-refractivity contribution in [2.45, 2.75) is 6.92 Å². The van der Waals surface area contributed by atoms with E-state index in [1.54, 1.807) is 5.38 Å². The number of carboxylic acid groups (broad SMARTS) is 1. The summed E-state index contributed by atoms with van der Waals surface area (Å²) in [6.07, 6.45) is 2.64. The summed E-state index contributed by atoms with van der Waals surface area (Å²) < 4.78 is 0. The summed E-state index contributed by atoms with van der Waals surface area (Å²) in [7, 11) is 0. The molecule has 0 saturated carbocycles. The Bertz CT molecular complexity index is 607. The highest BCUT2D eigenvalue weighted by molar-refractivity contribution is 7.08. The van der Waals surface area contributed by atoms with Gasteiger partial charge in [-0.2, -0.15) is 11.3 Å². The molecule has 0 aromatic carbocycles. The Hall–Kier alpha value is -2.21. The van der Waals surface area contributed by atoms with Crippen LogP contribution in [-0.4, -0.2) is 22.0 Å². The molecule has 0 spiro atoms. The topological polar surface area (TPSA) is 79.3 Å². The normalized spacial score (nSPS) is 10.1. The van der Waals surface area contributed by atoms with Gasteiger partial charge in [0.15, 0.2) is 0 Å². The van der Waals surface area contributed by atoms with Crippen molar-refractivity contribution in [3.05, 3.63) is 45.9 Å². The molecule has 0 atom stereocenters. The van der Waals surface area contributed by atoms with Crippen LogP contribution in [0, 0.1) is 6.92 Å². The maximum atomic E-state index is 11.9. The van der Waals surface area contributed by atoms with Crippen LogP contribution in [0.3, 0.4) is 0 Å². The van der Waals surface area contributed by atoms with Crippen molar-refractivity contribution < 1.29 is 14.7 Å². The van der Waals surface area contributed by atoms with Gasteiger partial charge < -0.3 is 10.4 Å². The van der Waals surface area contributed by atoms with Crippen LogP contribution in [0.2, 0.25) is 0 Å². The summed E-state index contributed by atoms with van der Waals surface area (Å²) in [5, 5.41) is 15.1. The van der Waals surface area contributed by atoms with Crippen LogP contribution in [-0.2, 0) is 0 Å². The predicted molar refractivity (Wildman–Crippen MR) is 68.2 cm³/mol. The van der Waals surface area contributed by atoms with Gasteiger partial charge >= 0.3 is 5.97 Å². The first-order chi connectivity index (χ1) is 8.58. The van der Waals surface area contributed by atoms with Crippen molar-refractivity contribution in [2.24, 2.45) is 0 Å². The van der Waals surface area contributed by atoms with Gasteiger partial charge in [-0.05, 0) is 23.9 Å². The molecule has 0 saturated heterocycles. The maximum Gasteiger partial charge on any atom is 0.337 e. The van der Waals surface area contributed by atoms with Crippen molar-refractivity contribution in [3.8, 4) is 0 Å². The highest BCUT2D eigenvalue weighted by Crippen LogP contribution is 2.16. The molecule has 2 aromatic rings. The highest BCUT2D eigenvalue weighted by atomic mass is 32.1. The quantitative estimate of drug-likeness (QED) is 0.890. The molecule has 0 unspecified atom stereocenters. The third-order valence-corrected chi connectivity index (χ3v) is 3.20. The van der Waals surface area contributed by atoms with E-state index in [0.29, 0.717) is 11.3 Å². The number of nitrogens with one attached hydrogen (secondary N) is 1. The number of amides is 1. The minimum absolute atomic E-state index is 0.0369. The number of rotatable bonds is 3. The summed E-state index contributed by atoms with van der Waals surface area (Å²) in [6.45, 7) is 1.84. The van der Waals surface area contributed by atoms with Gasteiger partial charge in [0.05, 0.1) is 23.0 Å². The highest BCUT2D eigenvalue weighted by Gasteiger charge is 2.11. The lowest BCUT2D eigenvalue weighted by Gasteiger charge is -2.05. The number of carbonyl (C=O) groups excluding carboxylic acids is 1. The number of carboxylic acids is 1. The van der Waals surface area contributed by atoms with Gasteiger partial charge in [-0.25, -0.2) is 4.79 Å². The molecule has 2 N–H and O–H groups in total. The fraction of sp³-hybridized carbons (Fsp3) is 0.0833. The van der Waals surface area contributed by atoms with Crippen molar-refractivity contribution in [2.75, 3.05) is 5.32 Å². The lowest BCUT2D eigenvalue weighted by molar-refractivity contribution is 0.0696. The minimum Gasteiger partial charge on any atom is -0.478 e. The Balaban J connectivity index is 2.20. The average molecular weight is 262 g/mol. The monoisotopic (exact) mass is 262 g/mol. The fourth-order valence-corrected chi connectivity index (χ4v) is 2.24. The largest absolute Gasteiger partial charge is 0.478 e. The van der Waals surface area contributed by atoms with Crippen LogP contribution >= 0.6 is 11.3 Å². The second-order valence-corrected chi connectivity index (χ2v) is 4.43. The standard InChI is InChI=1S/C12H10N2O3S/c1-7-5-18-6-10(7)11(15)14-9-2-8(12(16)17)3-13-4-9/h2-6H,1H3,(H,14,15)(H,16,17). The van der Waals surface area contributed by atoms with E-state index in [9.17, 15) is 9.59 Å². The lowest BCUT2D eigenvalue weighted by atomic mass is 10.2. The van der Waals surface area contributed by atoms with E-state index in [-0.39, 0.29) is 11.5 Å². The van der Waals surface area contributed by atoms with Gasteiger partial charge in [-0.3, -0.25) is 9.78 Å². The van der Waals surface area contributed by atoms with Crippen LogP contribution < -0.4 is 5.32 Å². The van der Waals surface area contributed by atoms with Gasteiger partial charge in [0, 0.05) is 11.6 Å². The Morgan fingerprint density at radius 3 is 2.72 bits per heavy atom. The Kier molecular flexibility index (Phi) is 3.38. The summed E-state index contributed by atoms with van der Waals surface area (Å²) in [6, 6.07) is 1.37. The van der Waals surface area contributed by atoms with Crippen LogP contribution in [0.25, 0.3) is 0 Å². The number of hydrogen-bond acceptors (Lipinski definition) is 4. The number of aromatic nitrogens is 1. The number of thiophene rings is 1. The number of carbonyl (C=O) groups is 2. The van der Waals surface area contributed by atoms with Gasteiger partial charge in [0.1, 0.15) is 0 Å². The maximum absolute atomic E-state index is 11.9. The molecule has 0 radical (unpaired) electrons. The van der Waals surface area contributed by atoms with E-state index < -0.39 is 5.97 Å². The van der Waals surface area contributed by atoms with Gasteiger partial charge in [-0.15, -0.1) is 0 Å². The molecule has 0 bridgehead atoms. The van der Waals surface area contributed by atoms with Crippen LogP contribution in [0.5, 0.6) is 0 Å². The number of hydrogen-bond donors (Lipinski definition) is 2. The van der Waals surface area contributed by atoms with E-state index in [4.69, 9.17) is 5.11 Å². The SMILES string of the molecule is Cc1cscc1C(=O)Nc1cncc(C(=O)O)c1. The van der Waals surface area contributed by atoms with Crippen LogP contribution in [0.1, 0.15) is 26.3 Å². The Morgan fingerprint density at radius 2 is 2.11 bits per heavy atom. The molecule has 0 aliphatic heterocycles. The van der Waals surface area contributed by atoms with E-state index in [2.05, 4.69) is 10.3 Å². The van der Waals surface area contributed by atoms with Crippen molar-refractivity contribution in [1.82, 2.24) is 4.98 Å². The molecule has 0 fully saturated rings. The average Bonchev–Trinajstić information content (AvgIpc) is 2.76. The second-order valence-electron chi connectivity index (χ2n) is 3.69. The molecular formula is C12H10N2O3S. The molecule has 2 aromatic heterocycles. The van der Waals surface area contributed by atoms with Crippen molar-refractivity contribution in [1.29, 1.82) is 0 Å². The summed E-state index contributed by atoms with van der Waals surface area (Å²) in [5.41, 5.74) is 1.88. The number of nitrogens with zero attached hydrogens (tertiary/aromatic N) is 1. The van der Waals surface area contributed by atoms with Gasteiger partial charge in [0.25, 0.3) is 5.91 Å². The fourth-order valence-electron chi connectivity index (χ4n) is 1.42. The predicted octanol–water partition coefficient (Wildman–Crippen LogP) is 2.40. The van der Waals surface area contributed by atoms with Crippen molar-refractivity contribution in [3.63, 3.8) is 0 Å². The van der Waals surface area contributed by atoms with Crippen LogP contribution in [0.15, 0.2) is 29.2 Å². The van der Waals surface area contributed by atoms with Crippen molar-refractivity contribution >= 4 is 28.9 Å². The third-order valence-electron chi connectivity index (χ3n) is 2.34. The van der Waals surface area contributed by atoms with E-state index >= 15 is 0 Å². The third kappa shape index (κ3) is 2.54. The van der Waals surface area contributed by atoms with E-state index in [1.807, 2.05) is 12.3 Å². The first-order valence-electron chi connectivity index (χ1n) is 5.10. The number of anilines is 1. The molecule has 5 nitrogen and oxygen atoms in total. The molecule has 92 valence electrons.